The Labute approximate surface area is 63.8 Å². The predicted octanol–water partition coefficient (Wildman–Crippen LogP) is 1.42. The van der Waals surface area contributed by atoms with Crippen LogP contribution < -0.4 is 5.43 Å². The SMILES string of the molecule is Cc1[nH]ccc(=O)c1CCl. The van der Waals surface area contributed by atoms with Gasteiger partial charge in [-0.05, 0) is 6.92 Å². The second-order valence-corrected chi connectivity index (χ2v) is 2.35. The largest absolute Gasteiger partial charge is 0.365 e. The van der Waals surface area contributed by atoms with Gasteiger partial charge >= 0.3 is 0 Å². The lowest BCUT2D eigenvalue weighted by Crippen LogP contribution is -2.08. The van der Waals surface area contributed by atoms with E-state index in [4.69, 9.17) is 11.6 Å². The Balaban J connectivity index is 3.31. The number of hydrogen-bond donors (Lipinski definition) is 1. The molecule has 0 aliphatic carbocycles. The van der Waals surface area contributed by atoms with Crippen molar-refractivity contribution in [3.63, 3.8) is 0 Å². The fraction of sp³-hybridized carbons (Fsp3) is 0.286. The average molecular weight is 158 g/mol. The number of halogens is 1. The Bertz CT molecular complexity index is 279. The van der Waals surface area contributed by atoms with Gasteiger partial charge in [-0.2, -0.15) is 0 Å². The number of aryl methyl sites for hydroxylation is 1. The van der Waals surface area contributed by atoms with Crippen LogP contribution in [0.25, 0.3) is 0 Å². The van der Waals surface area contributed by atoms with Crippen molar-refractivity contribution in [3.8, 4) is 0 Å². The van der Waals surface area contributed by atoms with Crippen LogP contribution in [0, 0.1) is 6.92 Å². The molecule has 0 amide bonds. The molecule has 0 atom stereocenters. The summed E-state index contributed by atoms with van der Waals surface area (Å²) in [4.78, 5) is 13.9. The van der Waals surface area contributed by atoms with E-state index in [-0.39, 0.29) is 11.3 Å². The number of alkyl halides is 1. The molecular weight excluding hydrogens is 150 g/mol. The number of rotatable bonds is 1. The topological polar surface area (TPSA) is 32.9 Å². The van der Waals surface area contributed by atoms with E-state index in [1.807, 2.05) is 6.92 Å². The number of hydrogen-bond acceptors (Lipinski definition) is 1. The Morgan fingerprint density at radius 3 is 2.80 bits per heavy atom. The molecule has 1 rings (SSSR count). The van der Waals surface area contributed by atoms with Gasteiger partial charge in [-0.1, -0.05) is 0 Å². The van der Waals surface area contributed by atoms with Gasteiger partial charge in [-0.15, -0.1) is 11.6 Å². The van der Waals surface area contributed by atoms with Gasteiger partial charge in [0.05, 0.1) is 5.88 Å². The summed E-state index contributed by atoms with van der Waals surface area (Å²) in [7, 11) is 0. The normalized spacial score (nSPS) is 9.80. The summed E-state index contributed by atoms with van der Waals surface area (Å²) >= 11 is 5.52. The molecule has 0 radical (unpaired) electrons. The zero-order chi connectivity index (χ0) is 7.56. The highest BCUT2D eigenvalue weighted by molar-refractivity contribution is 6.17. The van der Waals surface area contributed by atoms with Crippen LogP contribution in [0.3, 0.4) is 0 Å². The molecule has 0 saturated heterocycles. The minimum atomic E-state index is 0.00579. The molecule has 3 heteroatoms. The third-order valence-electron chi connectivity index (χ3n) is 1.42. The van der Waals surface area contributed by atoms with Gasteiger partial charge in [0.15, 0.2) is 5.43 Å². The number of H-pyrrole nitrogens is 1. The van der Waals surface area contributed by atoms with Gasteiger partial charge in [-0.3, -0.25) is 4.79 Å². The van der Waals surface area contributed by atoms with Crippen LogP contribution in [-0.4, -0.2) is 4.98 Å². The van der Waals surface area contributed by atoms with Crippen LogP contribution in [0.4, 0.5) is 0 Å². The summed E-state index contributed by atoms with van der Waals surface area (Å²) < 4.78 is 0. The second-order valence-electron chi connectivity index (χ2n) is 2.08. The number of pyridine rings is 1. The average Bonchev–Trinajstić information content (AvgIpc) is 1.88. The van der Waals surface area contributed by atoms with Gasteiger partial charge in [0.25, 0.3) is 0 Å². The summed E-state index contributed by atoms with van der Waals surface area (Å²) in [5, 5.41) is 0. The van der Waals surface area contributed by atoms with E-state index in [0.29, 0.717) is 5.56 Å². The van der Waals surface area contributed by atoms with Crippen LogP contribution in [0.1, 0.15) is 11.3 Å². The number of aromatic amines is 1. The third-order valence-corrected chi connectivity index (χ3v) is 1.69. The van der Waals surface area contributed by atoms with Gasteiger partial charge in [0, 0.05) is 23.5 Å². The van der Waals surface area contributed by atoms with Crippen molar-refractivity contribution >= 4 is 11.6 Å². The standard InChI is InChI=1S/C7H8ClNO/c1-5-6(4-8)7(10)2-3-9-5/h2-3H,4H2,1H3,(H,9,10). The molecule has 1 heterocycles. The van der Waals surface area contributed by atoms with E-state index in [1.165, 1.54) is 6.07 Å². The lowest BCUT2D eigenvalue weighted by atomic mass is 10.2. The van der Waals surface area contributed by atoms with Gasteiger partial charge < -0.3 is 4.98 Å². The quantitative estimate of drug-likeness (QED) is 0.615. The van der Waals surface area contributed by atoms with Crippen molar-refractivity contribution < 1.29 is 0 Å². The smallest absolute Gasteiger partial charge is 0.186 e. The zero-order valence-corrected chi connectivity index (χ0v) is 6.40. The van der Waals surface area contributed by atoms with E-state index in [9.17, 15) is 4.79 Å². The summed E-state index contributed by atoms with van der Waals surface area (Å²) in [6, 6.07) is 1.48. The Morgan fingerprint density at radius 1 is 1.70 bits per heavy atom. The molecule has 1 aromatic rings. The van der Waals surface area contributed by atoms with Crippen LogP contribution in [0.2, 0.25) is 0 Å². The van der Waals surface area contributed by atoms with E-state index < -0.39 is 0 Å². The first-order valence-corrected chi connectivity index (χ1v) is 3.52. The molecule has 10 heavy (non-hydrogen) atoms. The van der Waals surface area contributed by atoms with Gasteiger partial charge in [0.2, 0.25) is 0 Å². The summed E-state index contributed by atoms with van der Waals surface area (Å²) in [6.07, 6.45) is 1.62. The highest BCUT2D eigenvalue weighted by atomic mass is 35.5. The van der Waals surface area contributed by atoms with Gasteiger partial charge in [-0.25, -0.2) is 0 Å². The highest BCUT2D eigenvalue weighted by Crippen LogP contribution is 2.00. The van der Waals surface area contributed by atoms with Crippen molar-refractivity contribution in [2.24, 2.45) is 0 Å². The molecule has 2 nitrogen and oxygen atoms in total. The maximum Gasteiger partial charge on any atom is 0.186 e. The summed E-state index contributed by atoms with van der Waals surface area (Å²) in [6.45, 7) is 1.83. The van der Waals surface area contributed by atoms with Crippen molar-refractivity contribution in [3.05, 3.63) is 33.7 Å². The Morgan fingerprint density at radius 2 is 2.40 bits per heavy atom. The maximum atomic E-state index is 11.0. The molecule has 1 N–H and O–H groups in total. The van der Waals surface area contributed by atoms with Crippen molar-refractivity contribution in [2.75, 3.05) is 0 Å². The van der Waals surface area contributed by atoms with E-state index in [0.717, 1.165) is 5.69 Å². The first-order valence-electron chi connectivity index (χ1n) is 2.99. The van der Waals surface area contributed by atoms with Crippen LogP contribution in [-0.2, 0) is 5.88 Å². The van der Waals surface area contributed by atoms with Crippen molar-refractivity contribution in [2.45, 2.75) is 12.8 Å². The molecule has 0 saturated carbocycles. The fourth-order valence-electron chi connectivity index (χ4n) is 0.781. The Hall–Kier alpha value is -0.760. The zero-order valence-electron chi connectivity index (χ0n) is 5.65. The molecule has 0 bridgehead atoms. The lowest BCUT2D eigenvalue weighted by molar-refractivity contribution is 1.11. The first-order chi connectivity index (χ1) is 4.75. The lowest BCUT2D eigenvalue weighted by Gasteiger charge is -1.97. The molecule has 0 aromatic carbocycles. The summed E-state index contributed by atoms with van der Waals surface area (Å²) in [5.74, 6) is 0.280. The minimum Gasteiger partial charge on any atom is -0.365 e. The molecule has 0 fully saturated rings. The van der Waals surface area contributed by atoms with Crippen LogP contribution >= 0.6 is 11.6 Å². The molecule has 0 unspecified atom stereocenters. The second kappa shape index (κ2) is 2.88. The minimum absolute atomic E-state index is 0.00579. The van der Waals surface area contributed by atoms with Crippen molar-refractivity contribution in [1.82, 2.24) is 4.98 Å². The van der Waals surface area contributed by atoms with Crippen LogP contribution in [0.5, 0.6) is 0 Å². The van der Waals surface area contributed by atoms with E-state index in [1.54, 1.807) is 6.20 Å². The van der Waals surface area contributed by atoms with Crippen molar-refractivity contribution in [1.29, 1.82) is 0 Å². The van der Waals surface area contributed by atoms with Crippen LogP contribution in [0.15, 0.2) is 17.1 Å². The summed E-state index contributed by atoms with van der Waals surface area (Å²) in [5.41, 5.74) is 1.51. The molecular formula is C7H8ClNO. The molecule has 0 spiro atoms. The third kappa shape index (κ3) is 1.21. The van der Waals surface area contributed by atoms with Gasteiger partial charge in [0.1, 0.15) is 0 Å². The molecule has 1 aromatic heterocycles. The molecule has 54 valence electrons. The first kappa shape index (κ1) is 7.35. The van der Waals surface area contributed by atoms with E-state index in [2.05, 4.69) is 4.98 Å². The monoisotopic (exact) mass is 157 g/mol. The molecule has 0 aliphatic rings. The maximum absolute atomic E-state index is 11.0. The number of nitrogens with one attached hydrogen (secondary N) is 1. The molecule has 0 aliphatic heterocycles. The fourth-order valence-corrected chi connectivity index (χ4v) is 1.11. The highest BCUT2D eigenvalue weighted by Gasteiger charge is 1.98. The number of aromatic nitrogens is 1. The predicted molar refractivity (Wildman–Crippen MR) is 41.4 cm³/mol. The van der Waals surface area contributed by atoms with E-state index >= 15 is 0 Å². The Kier molecular flexibility index (Phi) is 2.12.